The van der Waals surface area contributed by atoms with Gasteiger partial charge in [0.15, 0.2) is 0 Å². The van der Waals surface area contributed by atoms with Crippen LogP contribution in [0.4, 0.5) is 0 Å². The fourth-order valence-corrected chi connectivity index (χ4v) is 1.66. The molecule has 12 heavy (non-hydrogen) atoms. The second-order valence-electron chi connectivity index (χ2n) is 2.91. The third-order valence-corrected chi connectivity index (χ3v) is 2.68. The van der Waals surface area contributed by atoms with Crippen molar-refractivity contribution in [3.05, 3.63) is 31.0 Å². The number of nitrogens with one attached hydrogen (secondary N) is 2. The highest BCUT2D eigenvalue weighted by atomic mass is 79.9. The monoisotopic (exact) mass is 230 g/mol. The molecular weight excluding hydrogens is 224 g/mol. The number of aromatic amines is 2. The second-order valence-corrected chi connectivity index (χ2v) is 3.70. The van der Waals surface area contributed by atoms with Gasteiger partial charge in [-0.3, -0.25) is 9.78 Å². The van der Waals surface area contributed by atoms with Crippen LogP contribution in [-0.2, 0) is 0 Å². The number of aromatic nitrogens is 2. The number of halogens is 1. The number of H-pyrrole nitrogens is 2. The molecule has 5 heteroatoms. The molecule has 1 aromatic rings. The van der Waals surface area contributed by atoms with Crippen molar-refractivity contribution in [2.75, 3.05) is 0 Å². The van der Waals surface area contributed by atoms with Crippen LogP contribution in [0, 0.1) is 0 Å². The van der Waals surface area contributed by atoms with Crippen LogP contribution in [0.3, 0.4) is 0 Å². The molecule has 0 spiro atoms. The van der Waals surface area contributed by atoms with E-state index in [9.17, 15) is 9.59 Å². The molecule has 0 aromatic carbocycles. The number of rotatable bonds is 1. The van der Waals surface area contributed by atoms with E-state index in [1.165, 1.54) is 0 Å². The van der Waals surface area contributed by atoms with Gasteiger partial charge in [-0.25, -0.2) is 4.79 Å². The summed E-state index contributed by atoms with van der Waals surface area (Å²) >= 11 is 3.14. The fraction of sp³-hybridized carbons (Fsp3) is 0.429. The van der Waals surface area contributed by atoms with Crippen LogP contribution in [0.15, 0.2) is 14.1 Å². The zero-order valence-electron chi connectivity index (χ0n) is 6.19. The predicted molar refractivity (Wildman–Crippen MR) is 47.4 cm³/mol. The van der Waals surface area contributed by atoms with E-state index in [2.05, 4.69) is 25.9 Å². The smallest absolute Gasteiger partial charge is 0.310 e. The van der Waals surface area contributed by atoms with E-state index < -0.39 is 5.69 Å². The number of hydrogen-bond acceptors (Lipinski definition) is 2. The average Bonchev–Trinajstić information content (AvgIpc) is 2.79. The van der Waals surface area contributed by atoms with Crippen molar-refractivity contribution in [1.29, 1.82) is 0 Å². The Morgan fingerprint density at radius 3 is 2.50 bits per heavy atom. The van der Waals surface area contributed by atoms with Gasteiger partial charge in [0.25, 0.3) is 5.56 Å². The van der Waals surface area contributed by atoms with Crippen molar-refractivity contribution in [1.82, 2.24) is 9.97 Å². The summed E-state index contributed by atoms with van der Waals surface area (Å²) in [6.45, 7) is 0. The molecule has 1 heterocycles. The van der Waals surface area contributed by atoms with Crippen molar-refractivity contribution >= 4 is 15.9 Å². The van der Waals surface area contributed by atoms with Crippen LogP contribution in [0.5, 0.6) is 0 Å². The fourth-order valence-electron chi connectivity index (χ4n) is 1.14. The van der Waals surface area contributed by atoms with Crippen LogP contribution < -0.4 is 11.2 Å². The van der Waals surface area contributed by atoms with Crippen molar-refractivity contribution in [3.63, 3.8) is 0 Å². The van der Waals surface area contributed by atoms with Gasteiger partial charge in [0, 0.05) is 11.6 Å². The summed E-state index contributed by atoms with van der Waals surface area (Å²) in [5, 5.41) is 0. The van der Waals surface area contributed by atoms with Gasteiger partial charge in [0.2, 0.25) is 0 Å². The van der Waals surface area contributed by atoms with Crippen LogP contribution in [0.2, 0.25) is 0 Å². The minimum absolute atomic E-state index is 0.347. The topological polar surface area (TPSA) is 65.7 Å². The lowest BCUT2D eigenvalue weighted by molar-refractivity contribution is 0.912. The van der Waals surface area contributed by atoms with Crippen LogP contribution in [0.1, 0.15) is 24.5 Å². The first-order valence-electron chi connectivity index (χ1n) is 3.70. The van der Waals surface area contributed by atoms with Gasteiger partial charge in [-0.2, -0.15) is 0 Å². The van der Waals surface area contributed by atoms with Gasteiger partial charge in [0.05, 0.1) is 0 Å². The minimum Gasteiger partial charge on any atom is -0.310 e. The van der Waals surface area contributed by atoms with E-state index >= 15 is 0 Å². The lowest BCUT2D eigenvalue weighted by atomic mass is 10.3. The van der Waals surface area contributed by atoms with E-state index in [1.54, 1.807) is 0 Å². The molecule has 2 rings (SSSR count). The van der Waals surface area contributed by atoms with Gasteiger partial charge in [-0.15, -0.1) is 0 Å². The molecule has 64 valence electrons. The van der Waals surface area contributed by atoms with E-state index in [4.69, 9.17) is 0 Å². The Bertz CT molecular complexity index is 416. The molecule has 2 N–H and O–H groups in total. The van der Waals surface area contributed by atoms with Crippen molar-refractivity contribution in [3.8, 4) is 0 Å². The Kier molecular flexibility index (Phi) is 1.68. The molecule has 0 atom stereocenters. The molecule has 1 fully saturated rings. The second kappa shape index (κ2) is 2.58. The van der Waals surface area contributed by atoms with E-state index in [0.717, 1.165) is 18.5 Å². The summed E-state index contributed by atoms with van der Waals surface area (Å²) in [7, 11) is 0. The van der Waals surface area contributed by atoms with Gasteiger partial charge in [-0.05, 0) is 28.8 Å². The molecule has 0 saturated heterocycles. The normalized spacial score (nSPS) is 16.4. The zero-order valence-corrected chi connectivity index (χ0v) is 7.77. The van der Waals surface area contributed by atoms with Crippen LogP contribution >= 0.6 is 15.9 Å². The highest BCUT2D eigenvalue weighted by Gasteiger charge is 2.27. The molecule has 1 aromatic heterocycles. The largest absolute Gasteiger partial charge is 0.325 e. The first-order valence-corrected chi connectivity index (χ1v) is 4.50. The molecule has 0 radical (unpaired) electrons. The highest BCUT2D eigenvalue weighted by molar-refractivity contribution is 9.10. The molecule has 0 unspecified atom stereocenters. The van der Waals surface area contributed by atoms with Crippen molar-refractivity contribution in [2.24, 2.45) is 0 Å². The molecular formula is C7H7BrN2O2. The molecule has 1 aliphatic rings. The maximum atomic E-state index is 11.1. The van der Waals surface area contributed by atoms with Crippen molar-refractivity contribution in [2.45, 2.75) is 18.8 Å². The first-order chi connectivity index (χ1) is 5.68. The van der Waals surface area contributed by atoms with E-state index in [0.29, 0.717) is 10.4 Å². The summed E-state index contributed by atoms with van der Waals surface area (Å²) in [4.78, 5) is 26.7. The summed E-state index contributed by atoms with van der Waals surface area (Å²) in [5.74, 6) is 0.370. The molecule has 0 bridgehead atoms. The Balaban J connectivity index is 2.66. The molecule has 1 saturated carbocycles. The minimum atomic E-state index is -0.426. The summed E-state index contributed by atoms with van der Waals surface area (Å²) in [5.41, 5.74) is -0.0329. The molecule has 0 aliphatic heterocycles. The Labute approximate surface area is 76.2 Å². The van der Waals surface area contributed by atoms with E-state index in [1.807, 2.05) is 0 Å². The summed E-state index contributed by atoms with van der Waals surface area (Å²) in [6.07, 6.45) is 2.11. The SMILES string of the molecule is O=c1[nH]c(C2CC2)c(Br)c(=O)[nH]1. The third kappa shape index (κ3) is 1.24. The Morgan fingerprint density at radius 2 is 1.92 bits per heavy atom. The average molecular weight is 231 g/mol. The van der Waals surface area contributed by atoms with Crippen LogP contribution in [-0.4, -0.2) is 9.97 Å². The van der Waals surface area contributed by atoms with Crippen LogP contribution in [0.25, 0.3) is 0 Å². The third-order valence-electron chi connectivity index (χ3n) is 1.90. The lowest BCUT2D eigenvalue weighted by Crippen LogP contribution is -2.24. The number of hydrogen-bond donors (Lipinski definition) is 2. The van der Waals surface area contributed by atoms with Crippen molar-refractivity contribution < 1.29 is 0 Å². The molecule has 1 aliphatic carbocycles. The maximum absolute atomic E-state index is 11.1. The predicted octanol–water partition coefficient (Wildman–Crippen LogP) is 0.703. The first kappa shape index (κ1) is 7.79. The Hall–Kier alpha value is -0.840. The Morgan fingerprint density at radius 1 is 1.25 bits per heavy atom. The van der Waals surface area contributed by atoms with Gasteiger partial charge in [0.1, 0.15) is 4.47 Å². The molecule has 4 nitrogen and oxygen atoms in total. The molecule has 0 amide bonds. The zero-order chi connectivity index (χ0) is 8.72. The highest BCUT2D eigenvalue weighted by Crippen LogP contribution is 2.40. The van der Waals surface area contributed by atoms with Gasteiger partial charge >= 0.3 is 5.69 Å². The lowest BCUT2D eigenvalue weighted by Gasteiger charge is -1.98. The quantitative estimate of drug-likeness (QED) is 0.747. The van der Waals surface area contributed by atoms with Gasteiger partial charge in [-0.1, -0.05) is 0 Å². The van der Waals surface area contributed by atoms with Gasteiger partial charge < -0.3 is 4.98 Å². The summed E-state index contributed by atoms with van der Waals surface area (Å²) in [6, 6.07) is 0. The maximum Gasteiger partial charge on any atom is 0.325 e. The summed E-state index contributed by atoms with van der Waals surface area (Å²) < 4.78 is 0.463. The van der Waals surface area contributed by atoms with E-state index in [-0.39, 0.29) is 5.56 Å². The standard InChI is InChI=1S/C7H7BrN2O2/c8-4-5(3-1-2-3)9-7(12)10-6(4)11/h3H,1-2H2,(H2,9,10,11,12).